The Hall–Kier alpha value is -2.75. The number of urea groups is 1. The zero-order chi connectivity index (χ0) is 20.9. The molecule has 0 spiro atoms. The summed E-state index contributed by atoms with van der Waals surface area (Å²) in [4.78, 5) is 25.7. The van der Waals surface area contributed by atoms with Crippen molar-refractivity contribution >= 4 is 12.0 Å². The molecule has 1 aromatic carbocycles. The number of esters is 1. The van der Waals surface area contributed by atoms with Crippen LogP contribution in [0.3, 0.4) is 0 Å². The standard InChI is InChI=1S/C18H22F3N3O4/c1-4-27-16(25)15-11(2)22-17(26)23-13(15)10-24(3)9-12-7-5-6-8-14(12)28-18(19,20)21/h5-8,11H,4,9-10H2,1-3H3,(H2,22,23,26). The Morgan fingerprint density at radius 1 is 1.25 bits per heavy atom. The summed E-state index contributed by atoms with van der Waals surface area (Å²) in [5, 5.41) is 5.17. The van der Waals surface area contributed by atoms with Crippen LogP contribution in [0.25, 0.3) is 0 Å². The first-order chi connectivity index (χ1) is 13.1. The number of nitrogens with one attached hydrogen (secondary N) is 2. The zero-order valence-electron chi connectivity index (χ0n) is 15.7. The summed E-state index contributed by atoms with van der Waals surface area (Å²) in [6.07, 6.45) is -4.80. The van der Waals surface area contributed by atoms with Gasteiger partial charge in [-0.2, -0.15) is 0 Å². The molecule has 1 unspecified atom stereocenters. The summed E-state index contributed by atoms with van der Waals surface area (Å²) in [5.74, 6) is -0.865. The predicted molar refractivity (Wildman–Crippen MR) is 94.2 cm³/mol. The lowest BCUT2D eigenvalue weighted by Crippen LogP contribution is -2.51. The van der Waals surface area contributed by atoms with Gasteiger partial charge in [0.25, 0.3) is 0 Å². The van der Waals surface area contributed by atoms with Crippen LogP contribution in [0.15, 0.2) is 35.5 Å². The summed E-state index contributed by atoms with van der Waals surface area (Å²) < 4.78 is 46.8. The zero-order valence-corrected chi connectivity index (χ0v) is 15.7. The third kappa shape index (κ3) is 5.88. The number of rotatable bonds is 7. The van der Waals surface area contributed by atoms with Crippen LogP contribution in [-0.2, 0) is 16.1 Å². The minimum absolute atomic E-state index is 0.101. The number of hydrogen-bond donors (Lipinski definition) is 2. The fourth-order valence-corrected chi connectivity index (χ4v) is 2.88. The van der Waals surface area contributed by atoms with Crippen LogP contribution in [0.2, 0.25) is 0 Å². The molecule has 0 saturated carbocycles. The molecule has 0 fully saturated rings. The second-order valence-electron chi connectivity index (χ2n) is 6.26. The highest BCUT2D eigenvalue weighted by Gasteiger charge is 2.33. The van der Waals surface area contributed by atoms with Crippen LogP contribution >= 0.6 is 0 Å². The van der Waals surface area contributed by atoms with E-state index in [0.29, 0.717) is 11.3 Å². The number of ether oxygens (including phenoxy) is 2. The Bertz CT molecular complexity index is 765. The van der Waals surface area contributed by atoms with Crippen molar-refractivity contribution in [3.8, 4) is 5.75 Å². The molecular formula is C18H22F3N3O4. The number of nitrogens with zero attached hydrogens (tertiary/aromatic N) is 1. The summed E-state index contributed by atoms with van der Waals surface area (Å²) in [5.41, 5.74) is 0.925. The Morgan fingerprint density at radius 2 is 1.93 bits per heavy atom. The molecule has 2 amide bonds. The Kier molecular flexibility index (Phi) is 6.90. The van der Waals surface area contributed by atoms with Crippen molar-refractivity contribution in [2.45, 2.75) is 32.8 Å². The molecule has 10 heteroatoms. The molecule has 1 aromatic rings. The van der Waals surface area contributed by atoms with E-state index in [1.807, 2.05) is 0 Å². The van der Waals surface area contributed by atoms with Crippen LogP contribution in [0.1, 0.15) is 19.4 Å². The molecule has 0 saturated heterocycles. The largest absolute Gasteiger partial charge is 0.573 e. The molecule has 0 aliphatic carbocycles. The van der Waals surface area contributed by atoms with E-state index in [0.717, 1.165) is 0 Å². The topological polar surface area (TPSA) is 79.9 Å². The maximum Gasteiger partial charge on any atom is 0.573 e. The number of carbonyl (C=O) groups excluding carboxylic acids is 2. The summed E-state index contributed by atoms with van der Waals surface area (Å²) in [7, 11) is 1.65. The fourth-order valence-electron chi connectivity index (χ4n) is 2.88. The molecule has 7 nitrogen and oxygen atoms in total. The van der Waals surface area contributed by atoms with Gasteiger partial charge in [-0.1, -0.05) is 18.2 Å². The van der Waals surface area contributed by atoms with Crippen molar-refractivity contribution in [3.05, 3.63) is 41.1 Å². The average molecular weight is 401 g/mol. The van der Waals surface area contributed by atoms with Gasteiger partial charge in [0.1, 0.15) is 5.75 Å². The summed E-state index contributed by atoms with van der Waals surface area (Å²) >= 11 is 0. The molecular weight excluding hydrogens is 379 g/mol. The van der Waals surface area contributed by atoms with Gasteiger partial charge >= 0.3 is 18.4 Å². The lowest BCUT2D eigenvalue weighted by molar-refractivity contribution is -0.275. The van der Waals surface area contributed by atoms with Crippen molar-refractivity contribution in [2.24, 2.45) is 0 Å². The van der Waals surface area contributed by atoms with Crippen molar-refractivity contribution in [1.29, 1.82) is 0 Å². The third-order valence-electron chi connectivity index (χ3n) is 3.93. The maximum atomic E-state index is 12.6. The molecule has 2 rings (SSSR count). The number of alkyl halides is 3. The average Bonchev–Trinajstić information content (AvgIpc) is 2.54. The number of hydrogen-bond acceptors (Lipinski definition) is 5. The SMILES string of the molecule is CCOC(=O)C1=C(CN(C)Cc2ccccc2OC(F)(F)F)NC(=O)NC1C. The molecule has 1 heterocycles. The number of para-hydroxylation sites is 1. The Morgan fingerprint density at radius 3 is 2.57 bits per heavy atom. The summed E-state index contributed by atoms with van der Waals surface area (Å²) in [6, 6.07) is 4.77. The molecule has 1 aliphatic rings. The minimum atomic E-state index is -4.80. The monoisotopic (exact) mass is 401 g/mol. The van der Waals surface area contributed by atoms with E-state index in [2.05, 4.69) is 15.4 Å². The van der Waals surface area contributed by atoms with Crippen LogP contribution in [0.5, 0.6) is 5.75 Å². The normalized spacial score (nSPS) is 17.2. The van der Waals surface area contributed by atoms with E-state index < -0.39 is 24.4 Å². The first kappa shape index (κ1) is 21.5. The second kappa shape index (κ2) is 8.96. The molecule has 0 aromatic heterocycles. The maximum absolute atomic E-state index is 12.6. The van der Waals surface area contributed by atoms with E-state index in [1.54, 1.807) is 31.9 Å². The van der Waals surface area contributed by atoms with Crippen LogP contribution in [0, 0.1) is 0 Å². The van der Waals surface area contributed by atoms with E-state index in [4.69, 9.17) is 4.74 Å². The molecule has 1 aliphatic heterocycles. The van der Waals surface area contributed by atoms with Crippen molar-refractivity contribution in [1.82, 2.24) is 15.5 Å². The number of benzene rings is 1. The summed E-state index contributed by atoms with van der Waals surface area (Å²) in [6.45, 7) is 3.71. The Balaban J connectivity index is 2.21. The number of likely N-dealkylation sites (N-methyl/N-ethyl adjacent to an activating group) is 1. The van der Waals surface area contributed by atoms with E-state index >= 15 is 0 Å². The highest BCUT2D eigenvalue weighted by atomic mass is 19.4. The predicted octanol–water partition coefficient (Wildman–Crippen LogP) is 2.54. The van der Waals surface area contributed by atoms with Gasteiger partial charge in [-0.25, -0.2) is 9.59 Å². The van der Waals surface area contributed by atoms with E-state index in [9.17, 15) is 22.8 Å². The number of carbonyl (C=O) groups is 2. The van der Waals surface area contributed by atoms with Gasteiger partial charge in [0.15, 0.2) is 0 Å². The van der Waals surface area contributed by atoms with Crippen molar-refractivity contribution in [2.75, 3.05) is 20.2 Å². The minimum Gasteiger partial charge on any atom is -0.463 e. The van der Waals surface area contributed by atoms with Gasteiger partial charge in [0.2, 0.25) is 0 Å². The second-order valence-corrected chi connectivity index (χ2v) is 6.26. The molecule has 2 N–H and O–H groups in total. The smallest absolute Gasteiger partial charge is 0.463 e. The van der Waals surface area contributed by atoms with Crippen molar-refractivity contribution in [3.63, 3.8) is 0 Å². The fraction of sp³-hybridized carbons (Fsp3) is 0.444. The molecule has 0 radical (unpaired) electrons. The first-order valence-electron chi connectivity index (χ1n) is 8.60. The van der Waals surface area contributed by atoms with Gasteiger partial charge in [-0.05, 0) is 27.0 Å². The van der Waals surface area contributed by atoms with Gasteiger partial charge in [-0.3, -0.25) is 4.90 Å². The highest BCUT2D eigenvalue weighted by Crippen LogP contribution is 2.27. The quantitative estimate of drug-likeness (QED) is 0.687. The van der Waals surface area contributed by atoms with Crippen LogP contribution in [-0.4, -0.2) is 49.5 Å². The van der Waals surface area contributed by atoms with Crippen LogP contribution < -0.4 is 15.4 Å². The lowest BCUT2D eigenvalue weighted by atomic mass is 10.0. The first-order valence-corrected chi connectivity index (χ1v) is 8.60. The Labute approximate surface area is 160 Å². The lowest BCUT2D eigenvalue weighted by Gasteiger charge is -2.29. The van der Waals surface area contributed by atoms with Gasteiger partial charge in [-0.15, -0.1) is 13.2 Å². The van der Waals surface area contributed by atoms with Crippen LogP contribution in [0.4, 0.5) is 18.0 Å². The van der Waals surface area contributed by atoms with Gasteiger partial charge < -0.3 is 20.1 Å². The highest BCUT2D eigenvalue weighted by molar-refractivity contribution is 5.94. The number of amides is 2. The molecule has 0 bridgehead atoms. The molecule has 154 valence electrons. The van der Waals surface area contributed by atoms with E-state index in [-0.39, 0.29) is 31.0 Å². The number of halogens is 3. The van der Waals surface area contributed by atoms with Gasteiger partial charge in [0, 0.05) is 24.4 Å². The van der Waals surface area contributed by atoms with Gasteiger partial charge in [0.05, 0.1) is 18.2 Å². The van der Waals surface area contributed by atoms with E-state index in [1.165, 1.54) is 18.2 Å². The third-order valence-corrected chi connectivity index (χ3v) is 3.93. The van der Waals surface area contributed by atoms with Crippen molar-refractivity contribution < 1.29 is 32.2 Å². The molecule has 1 atom stereocenters. The molecule has 28 heavy (non-hydrogen) atoms.